The van der Waals surface area contributed by atoms with Crippen molar-refractivity contribution < 1.29 is 8.83 Å². The largest absolute Gasteiger partial charge is 0.456 e. The zero-order valence-corrected chi connectivity index (χ0v) is 30.4. The highest BCUT2D eigenvalue weighted by Gasteiger charge is 2.21. The first-order valence-electron chi connectivity index (χ1n) is 19.0. The Bertz CT molecular complexity index is 3510. The summed E-state index contributed by atoms with van der Waals surface area (Å²) in [5.74, 6) is 1.72. The van der Waals surface area contributed by atoms with E-state index in [-0.39, 0.29) is 0 Å². The number of rotatable bonds is 5. The molecule has 12 rings (SSSR count). The van der Waals surface area contributed by atoms with Gasteiger partial charge in [-0.25, -0.2) is 15.0 Å². The molecule has 0 N–H and O–H groups in total. The van der Waals surface area contributed by atoms with Gasteiger partial charge >= 0.3 is 0 Å². The van der Waals surface area contributed by atoms with Crippen LogP contribution in [0.15, 0.2) is 191 Å². The van der Waals surface area contributed by atoms with Crippen molar-refractivity contribution in [1.29, 1.82) is 0 Å². The summed E-state index contributed by atoms with van der Waals surface area (Å²) in [6.07, 6.45) is 0. The summed E-state index contributed by atoms with van der Waals surface area (Å²) in [5.41, 5.74) is 11.5. The van der Waals surface area contributed by atoms with Crippen LogP contribution in [-0.4, -0.2) is 19.5 Å². The van der Waals surface area contributed by atoms with Crippen molar-refractivity contribution in [2.45, 2.75) is 0 Å². The first-order valence-corrected chi connectivity index (χ1v) is 19.0. The zero-order valence-electron chi connectivity index (χ0n) is 30.4. The van der Waals surface area contributed by atoms with Gasteiger partial charge in [0.15, 0.2) is 17.5 Å². The molecule has 266 valence electrons. The van der Waals surface area contributed by atoms with Gasteiger partial charge in [0.05, 0.1) is 16.4 Å². The molecule has 0 fully saturated rings. The van der Waals surface area contributed by atoms with Crippen LogP contribution in [0.4, 0.5) is 0 Å². The highest BCUT2D eigenvalue weighted by atomic mass is 16.3. The number of hydrogen-bond acceptors (Lipinski definition) is 5. The summed E-state index contributed by atoms with van der Waals surface area (Å²) in [6, 6.07) is 62.8. The van der Waals surface area contributed by atoms with E-state index in [1.807, 2.05) is 60.7 Å². The van der Waals surface area contributed by atoms with Gasteiger partial charge in [-0.15, -0.1) is 0 Å². The molecule has 0 saturated heterocycles. The Kier molecular flexibility index (Phi) is 6.83. The second kappa shape index (κ2) is 12.3. The highest BCUT2D eigenvalue weighted by molar-refractivity contribution is 6.24. The molecule has 0 aliphatic rings. The van der Waals surface area contributed by atoms with Gasteiger partial charge in [-0.2, -0.15) is 0 Å². The molecule has 8 aromatic carbocycles. The van der Waals surface area contributed by atoms with E-state index in [9.17, 15) is 0 Å². The summed E-state index contributed by atoms with van der Waals surface area (Å²) in [6.45, 7) is 0. The predicted molar refractivity (Wildman–Crippen MR) is 230 cm³/mol. The minimum absolute atomic E-state index is 0.559. The topological polar surface area (TPSA) is 69.9 Å². The molecule has 12 aromatic rings. The van der Waals surface area contributed by atoms with Crippen molar-refractivity contribution >= 4 is 65.7 Å². The van der Waals surface area contributed by atoms with Gasteiger partial charge in [-0.3, -0.25) is 0 Å². The number of hydrogen-bond donors (Lipinski definition) is 0. The van der Waals surface area contributed by atoms with Crippen molar-refractivity contribution in [2.75, 3.05) is 0 Å². The van der Waals surface area contributed by atoms with Crippen molar-refractivity contribution in [3.63, 3.8) is 0 Å². The lowest BCUT2D eigenvalue weighted by molar-refractivity contribution is 0.669. The lowest BCUT2D eigenvalue weighted by Crippen LogP contribution is -2.00. The van der Waals surface area contributed by atoms with E-state index in [1.165, 1.54) is 21.9 Å². The Balaban J connectivity index is 1.03. The number of furan rings is 2. The zero-order chi connectivity index (χ0) is 37.5. The maximum absolute atomic E-state index is 6.70. The SMILES string of the molecule is c1ccc(-c2ccc(-n3c4ccccc4c4ccc5oc6cc(-c7nc(-c8ccccc8)nc(-c8ccc9c(c8)oc8ccccc89)n7)ccc6c5c43)cc2)cc1. The second-order valence-corrected chi connectivity index (χ2v) is 14.4. The van der Waals surface area contributed by atoms with Crippen LogP contribution in [0.5, 0.6) is 0 Å². The smallest absolute Gasteiger partial charge is 0.164 e. The van der Waals surface area contributed by atoms with Gasteiger partial charge in [0, 0.05) is 49.3 Å². The Hall–Kier alpha value is -7.83. The summed E-state index contributed by atoms with van der Waals surface area (Å²) < 4.78 is 15.3. The summed E-state index contributed by atoms with van der Waals surface area (Å²) in [5, 5.41) is 6.60. The summed E-state index contributed by atoms with van der Waals surface area (Å²) >= 11 is 0. The third-order valence-corrected chi connectivity index (χ3v) is 11.1. The standard InChI is InChI=1S/C51H30N4O2/c1-3-11-31(12-4-1)32-19-23-36(24-20-32)55-42-17-9-7-15-37(42)40-27-28-44-47(48(40)55)41-26-22-35(30-46(41)57-44)51-53-49(33-13-5-2-6-14-33)52-50(54-51)34-21-25-39-38-16-8-10-18-43(38)56-45(39)29-34/h1-30H. The second-order valence-electron chi connectivity index (χ2n) is 14.4. The van der Waals surface area contributed by atoms with Crippen LogP contribution in [0, 0.1) is 0 Å². The molecule has 4 heterocycles. The minimum Gasteiger partial charge on any atom is -0.456 e. The van der Waals surface area contributed by atoms with E-state index in [4.69, 9.17) is 23.8 Å². The van der Waals surface area contributed by atoms with Gasteiger partial charge in [-0.05, 0) is 71.8 Å². The van der Waals surface area contributed by atoms with E-state index in [0.717, 1.165) is 77.3 Å². The molecule has 0 aliphatic carbocycles. The van der Waals surface area contributed by atoms with Crippen LogP contribution in [0.25, 0.3) is 117 Å². The van der Waals surface area contributed by atoms with Gasteiger partial charge < -0.3 is 13.4 Å². The Morgan fingerprint density at radius 2 is 0.842 bits per heavy atom. The maximum Gasteiger partial charge on any atom is 0.164 e. The average Bonchev–Trinajstić information content (AvgIpc) is 3.96. The molecule has 0 saturated carbocycles. The van der Waals surface area contributed by atoms with Gasteiger partial charge in [0.1, 0.15) is 22.3 Å². The van der Waals surface area contributed by atoms with Crippen LogP contribution < -0.4 is 0 Å². The molecule has 0 unspecified atom stereocenters. The van der Waals surface area contributed by atoms with E-state index in [0.29, 0.717) is 17.5 Å². The van der Waals surface area contributed by atoms with E-state index in [1.54, 1.807) is 0 Å². The molecular weight excluding hydrogens is 701 g/mol. The first-order chi connectivity index (χ1) is 28.2. The lowest BCUT2D eigenvalue weighted by atomic mass is 10.0. The van der Waals surface area contributed by atoms with Gasteiger partial charge in [-0.1, -0.05) is 121 Å². The highest BCUT2D eigenvalue weighted by Crippen LogP contribution is 2.42. The Morgan fingerprint density at radius 1 is 0.333 bits per heavy atom. The van der Waals surface area contributed by atoms with Crippen molar-refractivity contribution in [2.24, 2.45) is 0 Å². The monoisotopic (exact) mass is 730 g/mol. The molecule has 0 atom stereocenters. The molecule has 6 nitrogen and oxygen atoms in total. The molecular formula is C51H30N4O2. The number of fused-ring (bicyclic) bond motifs is 10. The normalized spacial score (nSPS) is 11.9. The van der Waals surface area contributed by atoms with Crippen molar-refractivity contribution in [1.82, 2.24) is 19.5 Å². The number of para-hydroxylation sites is 2. The average molecular weight is 731 g/mol. The van der Waals surface area contributed by atoms with Crippen LogP contribution in [0.1, 0.15) is 0 Å². The molecule has 0 radical (unpaired) electrons. The quantitative estimate of drug-likeness (QED) is 0.176. The molecule has 6 heteroatoms. The third kappa shape index (κ3) is 5.01. The number of nitrogens with zero attached hydrogens (tertiary/aromatic N) is 4. The lowest BCUT2D eigenvalue weighted by Gasteiger charge is -2.10. The van der Waals surface area contributed by atoms with Crippen LogP contribution in [0.2, 0.25) is 0 Å². The first kappa shape index (κ1) is 31.5. The van der Waals surface area contributed by atoms with E-state index >= 15 is 0 Å². The molecule has 0 bridgehead atoms. The van der Waals surface area contributed by atoms with Gasteiger partial charge in [0.25, 0.3) is 0 Å². The molecule has 0 aliphatic heterocycles. The molecule has 0 amide bonds. The van der Waals surface area contributed by atoms with E-state index < -0.39 is 0 Å². The fraction of sp³-hybridized carbons (Fsp3) is 0. The fourth-order valence-electron chi connectivity index (χ4n) is 8.37. The molecule has 57 heavy (non-hydrogen) atoms. The fourth-order valence-corrected chi connectivity index (χ4v) is 8.37. The van der Waals surface area contributed by atoms with E-state index in [2.05, 4.69) is 126 Å². The van der Waals surface area contributed by atoms with Crippen LogP contribution in [-0.2, 0) is 0 Å². The number of benzene rings is 8. The molecule has 0 spiro atoms. The Labute approximate surface area is 325 Å². The maximum atomic E-state index is 6.70. The predicted octanol–water partition coefficient (Wildman–Crippen LogP) is 13.4. The van der Waals surface area contributed by atoms with Crippen LogP contribution in [0.3, 0.4) is 0 Å². The minimum atomic E-state index is 0.559. The molecule has 4 aromatic heterocycles. The third-order valence-electron chi connectivity index (χ3n) is 11.1. The number of aromatic nitrogens is 4. The Morgan fingerprint density at radius 3 is 1.58 bits per heavy atom. The van der Waals surface area contributed by atoms with Crippen LogP contribution >= 0.6 is 0 Å². The summed E-state index contributed by atoms with van der Waals surface area (Å²) in [7, 11) is 0. The summed E-state index contributed by atoms with van der Waals surface area (Å²) in [4.78, 5) is 15.1. The van der Waals surface area contributed by atoms with Crippen molar-refractivity contribution in [3.8, 4) is 51.0 Å². The van der Waals surface area contributed by atoms with Gasteiger partial charge in [0.2, 0.25) is 0 Å². The van der Waals surface area contributed by atoms with Crippen molar-refractivity contribution in [3.05, 3.63) is 182 Å².